The van der Waals surface area contributed by atoms with Gasteiger partial charge in [0, 0.05) is 46.3 Å². The lowest BCUT2D eigenvalue weighted by Gasteiger charge is -2.31. The molecule has 1 amide bonds. The third kappa shape index (κ3) is 4.28. The maximum Gasteiger partial charge on any atom is 0.281 e. The zero-order valence-corrected chi connectivity index (χ0v) is 17.1. The number of amides is 1. The molecule has 26 heavy (non-hydrogen) atoms. The van der Waals surface area contributed by atoms with Crippen molar-refractivity contribution in [2.45, 2.75) is 25.3 Å². The van der Waals surface area contributed by atoms with Gasteiger partial charge in [-0.05, 0) is 43.8 Å². The van der Waals surface area contributed by atoms with Crippen LogP contribution in [0.2, 0.25) is 0 Å². The predicted molar refractivity (Wildman–Crippen MR) is 104 cm³/mol. The lowest BCUT2D eigenvalue weighted by Crippen LogP contribution is -2.50. The highest BCUT2D eigenvalue weighted by Crippen LogP contribution is 2.23. The van der Waals surface area contributed by atoms with Crippen LogP contribution >= 0.6 is 11.3 Å². The second-order valence-corrected chi connectivity index (χ2v) is 10.2. The summed E-state index contributed by atoms with van der Waals surface area (Å²) in [6.07, 6.45) is 3.06. The molecule has 0 unspecified atom stereocenters. The van der Waals surface area contributed by atoms with Crippen molar-refractivity contribution in [3.63, 3.8) is 0 Å². The standard InChI is InChI=1S/C17H28N4O3S2/c1-18(2)26(23,24)21(12-11-19-8-3-4-9-19)15-7-10-20(14-15)17(22)16-6-5-13-25-16/h5-6,13,15H,3-4,7-12,14H2,1-2H3/t15-/m0/s1. The molecule has 2 aliphatic rings. The Hall–Kier alpha value is -1.000. The molecule has 3 rings (SSSR count). The van der Waals surface area contributed by atoms with Crippen LogP contribution in [0.15, 0.2) is 17.5 Å². The minimum Gasteiger partial charge on any atom is -0.336 e. The van der Waals surface area contributed by atoms with Gasteiger partial charge in [-0.3, -0.25) is 4.79 Å². The monoisotopic (exact) mass is 400 g/mol. The minimum atomic E-state index is -3.51. The number of carbonyl (C=O) groups excluding carboxylic acids is 1. The van der Waals surface area contributed by atoms with E-state index < -0.39 is 10.2 Å². The van der Waals surface area contributed by atoms with Gasteiger partial charge >= 0.3 is 0 Å². The van der Waals surface area contributed by atoms with Crippen molar-refractivity contribution >= 4 is 27.5 Å². The number of hydrogen-bond donors (Lipinski definition) is 0. The van der Waals surface area contributed by atoms with Crippen molar-refractivity contribution in [3.05, 3.63) is 22.4 Å². The van der Waals surface area contributed by atoms with Crippen molar-refractivity contribution in [2.75, 3.05) is 53.4 Å². The van der Waals surface area contributed by atoms with E-state index in [1.165, 1.54) is 28.5 Å². The Labute approximate surface area is 160 Å². The Morgan fingerprint density at radius 2 is 2.00 bits per heavy atom. The van der Waals surface area contributed by atoms with Crippen molar-refractivity contribution < 1.29 is 13.2 Å². The summed E-state index contributed by atoms with van der Waals surface area (Å²) in [6, 6.07) is 3.53. The van der Waals surface area contributed by atoms with Gasteiger partial charge in [-0.1, -0.05) is 6.07 Å². The predicted octanol–water partition coefficient (Wildman–Crippen LogP) is 1.17. The fourth-order valence-corrected chi connectivity index (χ4v) is 5.63. The van der Waals surface area contributed by atoms with Gasteiger partial charge in [0.1, 0.15) is 0 Å². The van der Waals surface area contributed by atoms with Gasteiger partial charge < -0.3 is 9.80 Å². The number of rotatable bonds is 7. The second-order valence-electron chi connectivity index (χ2n) is 7.12. The van der Waals surface area contributed by atoms with Crippen LogP contribution in [-0.4, -0.2) is 92.1 Å². The van der Waals surface area contributed by atoms with Crippen molar-refractivity contribution in [3.8, 4) is 0 Å². The van der Waals surface area contributed by atoms with Gasteiger partial charge in [-0.25, -0.2) is 0 Å². The van der Waals surface area contributed by atoms with E-state index in [-0.39, 0.29) is 11.9 Å². The average molecular weight is 401 g/mol. The summed E-state index contributed by atoms with van der Waals surface area (Å²) in [5.41, 5.74) is 0. The molecule has 1 aromatic rings. The summed E-state index contributed by atoms with van der Waals surface area (Å²) in [4.78, 5) is 17.4. The molecule has 0 aromatic carbocycles. The normalized spacial score (nSPS) is 22.0. The average Bonchev–Trinajstić information content (AvgIpc) is 3.36. The number of nitrogens with zero attached hydrogens (tertiary/aromatic N) is 4. The topological polar surface area (TPSA) is 64.2 Å². The van der Waals surface area contributed by atoms with Crippen LogP contribution in [0.3, 0.4) is 0 Å². The molecule has 1 aromatic heterocycles. The zero-order chi connectivity index (χ0) is 18.7. The van der Waals surface area contributed by atoms with Crippen molar-refractivity contribution in [1.29, 1.82) is 0 Å². The molecule has 0 aliphatic carbocycles. The zero-order valence-electron chi connectivity index (χ0n) is 15.5. The van der Waals surface area contributed by atoms with E-state index in [9.17, 15) is 13.2 Å². The first-order chi connectivity index (χ1) is 12.4. The summed E-state index contributed by atoms with van der Waals surface area (Å²) < 4.78 is 28.6. The van der Waals surface area contributed by atoms with Crippen molar-refractivity contribution in [1.82, 2.24) is 18.4 Å². The van der Waals surface area contributed by atoms with Crippen LogP contribution < -0.4 is 0 Å². The van der Waals surface area contributed by atoms with Crippen LogP contribution in [0.5, 0.6) is 0 Å². The maximum absolute atomic E-state index is 12.9. The summed E-state index contributed by atoms with van der Waals surface area (Å²) in [5, 5.41) is 1.89. The molecule has 9 heteroatoms. The van der Waals surface area contributed by atoms with Crippen LogP contribution in [0.25, 0.3) is 0 Å². The maximum atomic E-state index is 12.9. The molecule has 2 fully saturated rings. The van der Waals surface area contributed by atoms with E-state index in [4.69, 9.17) is 0 Å². The van der Waals surface area contributed by atoms with Crippen LogP contribution in [0.4, 0.5) is 0 Å². The van der Waals surface area contributed by atoms with Crippen molar-refractivity contribution in [2.24, 2.45) is 0 Å². The molecule has 0 radical (unpaired) electrons. The lowest BCUT2D eigenvalue weighted by atomic mass is 10.2. The highest BCUT2D eigenvalue weighted by Gasteiger charge is 2.38. The van der Waals surface area contributed by atoms with Gasteiger partial charge in [0.25, 0.3) is 16.1 Å². The van der Waals surface area contributed by atoms with Crippen LogP contribution in [0.1, 0.15) is 28.9 Å². The minimum absolute atomic E-state index is 0.00393. The Balaban J connectivity index is 1.69. The number of carbonyl (C=O) groups is 1. The molecule has 2 saturated heterocycles. The molecular formula is C17H28N4O3S2. The largest absolute Gasteiger partial charge is 0.336 e. The Bertz CT molecular complexity index is 700. The summed E-state index contributed by atoms with van der Waals surface area (Å²) in [6.45, 7) is 4.38. The first-order valence-corrected chi connectivity index (χ1v) is 11.4. The molecule has 0 spiro atoms. The van der Waals surface area contributed by atoms with E-state index in [1.54, 1.807) is 23.3 Å². The molecule has 2 aliphatic heterocycles. The third-order valence-corrected chi connectivity index (χ3v) is 8.04. The molecule has 0 bridgehead atoms. The Kier molecular flexibility index (Phi) is 6.34. The lowest BCUT2D eigenvalue weighted by molar-refractivity contribution is 0.0788. The van der Waals surface area contributed by atoms with E-state index in [0.717, 1.165) is 19.6 Å². The van der Waals surface area contributed by atoms with E-state index >= 15 is 0 Å². The molecule has 7 nitrogen and oxygen atoms in total. The summed E-state index contributed by atoms with van der Waals surface area (Å²) >= 11 is 1.43. The van der Waals surface area contributed by atoms with Gasteiger partial charge in [0.05, 0.1) is 4.88 Å². The molecular weight excluding hydrogens is 372 g/mol. The number of likely N-dealkylation sites (tertiary alicyclic amines) is 2. The van der Waals surface area contributed by atoms with Crippen LogP contribution in [0, 0.1) is 0 Å². The van der Waals surface area contributed by atoms with Crippen LogP contribution in [-0.2, 0) is 10.2 Å². The van der Waals surface area contributed by atoms with E-state index in [0.29, 0.717) is 30.9 Å². The van der Waals surface area contributed by atoms with Gasteiger partial charge in [-0.2, -0.15) is 17.0 Å². The summed E-state index contributed by atoms with van der Waals surface area (Å²) in [7, 11) is -0.370. The molecule has 146 valence electrons. The number of thiophene rings is 1. The Morgan fingerprint density at radius 1 is 1.27 bits per heavy atom. The van der Waals surface area contributed by atoms with Gasteiger partial charge in [0.2, 0.25) is 0 Å². The fraction of sp³-hybridized carbons (Fsp3) is 0.706. The van der Waals surface area contributed by atoms with Gasteiger partial charge in [-0.15, -0.1) is 11.3 Å². The van der Waals surface area contributed by atoms with E-state index in [1.807, 2.05) is 17.5 Å². The second kappa shape index (κ2) is 8.35. The third-order valence-electron chi connectivity index (χ3n) is 5.18. The molecule has 1 atom stereocenters. The van der Waals surface area contributed by atoms with E-state index in [2.05, 4.69) is 4.90 Å². The smallest absolute Gasteiger partial charge is 0.281 e. The SMILES string of the molecule is CN(C)S(=O)(=O)N(CCN1CCCC1)[C@H]1CCN(C(=O)c2cccs2)C1. The Morgan fingerprint density at radius 3 is 2.62 bits per heavy atom. The fourth-order valence-electron chi connectivity index (χ4n) is 3.66. The molecule has 3 heterocycles. The highest BCUT2D eigenvalue weighted by molar-refractivity contribution is 7.86. The molecule has 0 saturated carbocycles. The van der Waals surface area contributed by atoms with Gasteiger partial charge in [0.15, 0.2) is 0 Å². The number of hydrogen-bond acceptors (Lipinski definition) is 5. The quantitative estimate of drug-likeness (QED) is 0.689. The molecule has 0 N–H and O–H groups in total. The first kappa shape index (κ1) is 19.8. The highest BCUT2D eigenvalue weighted by atomic mass is 32.2. The first-order valence-electron chi connectivity index (χ1n) is 9.14. The summed E-state index contributed by atoms with van der Waals surface area (Å²) in [5.74, 6) is 0.00393.